The van der Waals surface area contributed by atoms with Crippen LogP contribution in [0.3, 0.4) is 0 Å². The SMILES string of the molecule is O=S(=O)(NCc1cc(Cl)ccc1Cl)c1ccc(Br)cc1. The number of rotatable bonds is 4. The van der Waals surface area contributed by atoms with E-state index in [1.54, 1.807) is 30.3 Å². The Labute approximate surface area is 136 Å². The Morgan fingerprint density at radius 1 is 1.05 bits per heavy atom. The van der Waals surface area contributed by atoms with E-state index >= 15 is 0 Å². The quantitative estimate of drug-likeness (QED) is 0.843. The molecule has 7 heteroatoms. The average molecular weight is 395 g/mol. The summed E-state index contributed by atoms with van der Waals surface area (Å²) in [4.78, 5) is 0.193. The van der Waals surface area contributed by atoms with Crippen molar-refractivity contribution in [1.82, 2.24) is 4.72 Å². The number of sulfonamides is 1. The highest BCUT2D eigenvalue weighted by Gasteiger charge is 2.14. The van der Waals surface area contributed by atoms with Crippen molar-refractivity contribution in [2.45, 2.75) is 11.4 Å². The summed E-state index contributed by atoms with van der Waals surface area (Å²) in [7, 11) is -3.58. The average Bonchev–Trinajstić information content (AvgIpc) is 2.40. The molecule has 0 aromatic heterocycles. The van der Waals surface area contributed by atoms with E-state index in [4.69, 9.17) is 23.2 Å². The molecule has 20 heavy (non-hydrogen) atoms. The Morgan fingerprint density at radius 2 is 1.70 bits per heavy atom. The lowest BCUT2D eigenvalue weighted by atomic mass is 10.2. The van der Waals surface area contributed by atoms with Gasteiger partial charge in [-0.25, -0.2) is 13.1 Å². The fraction of sp³-hybridized carbons (Fsp3) is 0.0769. The maximum Gasteiger partial charge on any atom is 0.240 e. The summed E-state index contributed by atoms with van der Waals surface area (Å²) in [5.74, 6) is 0. The zero-order chi connectivity index (χ0) is 14.8. The smallest absolute Gasteiger partial charge is 0.207 e. The standard InChI is InChI=1S/C13H10BrCl2NO2S/c14-10-1-4-12(5-2-10)20(18,19)17-8-9-7-11(15)3-6-13(9)16/h1-7,17H,8H2. The summed E-state index contributed by atoms with van der Waals surface area (Å²) in [6.45, 7) is 0.0811. The Morgan fingerprint density at radius 3 is 2.35 bits per heavy atom. The second-order valence-corrected chi connectivity index (χ2v) is 7.54. The van der Waals surface area contributed by atoms with E-state index in [0.717, 1.165) is 4.47 Å². The molecule has 0 fully saturated rings. The van der Waals surface area contributed by atoms with Crippen molar-refractivity contribution in [2.75, 3.05) is 0 Å². The van der Waals surface area contributed by atoms with Gasteiger partial charge in [0.1, 0.15) is 0 Å². The van der Waals surface area contributed by atoms with Crippen LogP contribution < -0.4 is 4.72 Å². The summed E-state index contributed by atoms with van der Waals surface area (Å²) >= 11 is 15.1. The van der Waals surface area contributed by atoms with E-state index in [1.807, 2.05) is 0 Å². The van der Waals surface area contributed by atoms with Gasteiger partial charge in [-0.05, 0) is 48.0 Å². The summed E-state index contributed by atoms with van der Waals surface area (Å²) in [5, 5.41) is 0.972. The van der Waals surface area contributed by atoms with E-state index in [0.29, 0.717) is 15.6 Å². The van der Waals surface area contributed by atoms with Crippen LogP contribution >= 0.6 is 39.1 Å². The van der Waals surface area contributed by atoms with Gasteiger partial charge in [0.05, 0.1) is 4.90 Å². The van der Waals surface area contributed by atoms with Gasteiger partial charge in [-0.2, -0.15) is 0 Å². The van der Waals surface area contributed by atoms with Crippen LogP contribution in [-0.4, -0.2) is 8.42 Å². The Kier molecular flexibility index (Phi) is 5.09. The van der Waals surface area contributed by atoms with Crippen LogP contribution in [0.5, 0.6) is 0 Å². The van der Waals surface area contributed by atoms with Crippen LogP contribution in [0.1, 0.15) is 5.56 Å². The molecule has 3 nitrogen and oxygen atoms in total. The number of hydrogen-bond acceptors (Lipinski definition) is 2. The van der Waals surface area contributed by atoms with E-state index < -0.39 is 10.0 Å². The van der Waals surface area contributed by atoms with Crippen LogP contribution in [0.25, 0.3) is 0 Å². The molecule has 0 atom stereocenters. The lowest BCUT2D eigenvalue weighted by Gasteiger charge is -2.08. The molecule has 2 rings (SSSR count). The van der Waals surface area contributed by atoms with Gasteiger partial charge >= 0.3 is 0 Å². The molecule has 0 saturated heterocycles. The first-order valence-electron chi connectivity index (χ1n) is 5.58. The minimum absolute atomic E-state index is 0.0811. The van der Waals surface area contributed by atoms with Gasteiger partial charge in [0.25, 0.3) is 0 Å². The van der Waals surface area contributed by atoms with Gasteiger partial charge < -0.3 is 0 Å². The van der Waals surface area contributed by atoms with Crippen molar-refractivity contribution < 1.29 is 8.42 Å². The normalized spacial score (nSPS) is 11.6. The van der Waals surface area contributed by atoms with Crippen molar-refractivity contribution in [1.29, 1.82) is 0 Å². The fourth-order valence-corrected chi connectivity index (χ4v) is 3.20. The van der Waals surface area contributed by atoms with E-state index in [1.165, 1.54) is 12.1 Å². The zero-order valence-corrected chi connectivity index (χ0v) is 14.0. The van der Waals surface area contributed by atoms with Gasteiger partial charge in [0.15, 0.2) is 0 Å². The molecular formula is C13H10BrCl2NO2S. The lowest BCUT2D eigenvalue weighted by molar-refractivity contribution is 0.581. The first-order chi connectivity index (χ1) is 9.38. The summed E-state index contributed by atoms with van der Waals surface area (Å²) in [5.41, 5.74) is 0.625. The van der Waals surface area contributed by atoms with E-state index in [9.17, 15) is 8.42 Å². The number of nitrogens with one attached hydrogen (secondary N) is 1. The molecule has 2 aromatic rings. The highest BCUT2D eigenvalue weighted by molar-refractivity contribution is 9.10. The third-order valence-corrected chi connectivity index (χ3v) is 5.13. The Hall–Kier alpha value is -0.590. The molecule has 0 aliphatic rings. The molecule has 1 N–H and O–H groups in total. The van der Waals surface area contributed by atoms with Crippen molar-refractivity contribution in [3.63, 3.8) is 0 Å². The number of hydrogen-bond donors (Lipinski definition) is 1. The Bertz CT molecular complexity index is 718. The molecular weight excluding hydrogens is 385 g/mol. The first kappa shape index (κ1) is 15.8. The second kappa shape index (κ2) is 6.45. The lowest BCUT2D eigenvalue weighted by Crippen LogP contribution is -2.23. The van der Waals surface area contributed by atoms with Crippen LogP contribution in [0.4, 0.5) is 0 Å². The molecule has 0 spiro atoms. The summed E-state index contributed by atoms with van der Waals surface area (Å²) in [6, 6.07) is 11.3. The topological polar surface area (TPSA) is 46.2 Å². The maximum atomic E-state index is 12.1. The van der Waals surface area contributed by atoms with Gasteiger partial charge in [0.2, 0.25) is 10.0 Å². The van der Waals surface area contributed by atoms with Gasteiger partial charge in [-0.15, -0.1) is 0 Å². The highest BCUT2D eigenvalue weighted by Crippen LogP contribution is 2.21. The summed E-state index contributed by atoms with van der Waals surface area (Å²) in [6.07, 6.45) is 0. The van der Waals surface area contributed by atoms with Crippen LogP contribution in [0.2, 0.25) is 10.0 Å². The van der Waals surface area contributed by atoms with E-state index in [-0.39, 0.29) is 11.4 Å². The maximum absolute atomic E-state index is 12.1. The Balaban J connectivity index is 2.17. The number of halogens is 3. The molecule has 0 aliphatic heterocycles. The van der Waals surface area contributed by atoms with E-state index in [2.05, 4.69) is 20.7 Å². The zero-order valence-electron chi connectivity index (χ0n) is 10.1. The third-order valence-electron chi connectivity index (χ3n) is 2.58. The van der Waals surface area contributed by atoms with Crippen LogP contribution in [0, 0.1) is 0 Å². The molecule has 0 saturated carbocycles. The van der Waals surface area contributed by atoms with Gasteiger partial charge in [-0.1, -0.05) is 39.1 Å². The van der Waals surface area contributed by atoms with Crippen molar-refractivity contribution in [3.05, 3.63) is 62.5 Å². The first-order valence-corrected chi connectivity index (χ1v) is 8.61. The molecule has 0 amide bonds. The van der Waals surface area contributed by atoms with Gasteiger partial charge in [-0.3, -0.25) is 0 Å². The minimum Gasteiger partial charge on any atom is -0.207 e. The van der Waals surface area contributed by atoms with Crippen molar-refractivity contribution in [3.8, 4) is 0 Å². The predicted molar refractivity (Wildman–Crippen MR) is 84.6 cm³/mol. The highest BCUT2D eigenvalue weighted by atomic mass is 79.9. The predicted octanol–water partition coefficient (Wildman–Crippen LogP) is 4.23. The van der Waals surface area contributed by atoms with Crippen LogP contribution in [0.15, 0.2) is 51.8 Å². The molecule has 2 aromatic carbocycles. The largest absolute Gasteiger partial charge is 0.240 e. The minimum atomic E-state index is -3.58. The fourth-order valence-electron chi connectivity index (χ4n) is 1.55. The second-order valence-electron chi connectivity index (χ2n) is 4.01. The van der Waals surface area contributed by atoms with Gasteiger partial charge in [0, 0.05) is 21.1 Å². The molecule has 0 heterocycles. The molecule has 0 unspecified atom stereocenters. The number of benzene rings is 2. The molecule has 0 aliphatic carbocycles. The molecule has 0 bridgehead atoms. The molecule has 0 radical (unpaired) electrons. The van der Waals surface area contributed by atoms with Crippen molar-refractivity contribution in [2.24, 2.45) is 0 Å². The summed E-state index contributed by atoms with van der Waals surface area (Å²) < 4.78 is 27.5. The monoisotopic (exact) mass is 393 g/mol. The van der Waals surface area contributed by atoms with Crippen LogP contribution in [-0.2, 0) is 16.6 Å². The van der Waals surface area contributed by atoms with Crippen molar-refractivity contribution >= 4 is 49.2 Å². The molecule has 106 valence electrons. The third kappa shape index (κ3) is 3.96.